The molecule has 0 spiro atoms. The summed E-state index contributed by atoms with van der Waals surface area (Å²) in [6, 6.07) is 11.2. The molecule has 6 nitrogen and oxygen atoms in total. The molecule has 0 atom stereocenters. The fourth-order valence-corrected chi connectivity index (χ4v) is 3.82. The topological polar surface area (TPSA) is 75.7 Å². The molecule has 1 aliphatic rings. The fourth-order valence-electron chi connectivity index (χ4n) is 2.90. The Balaban J connectivity index is 1.69. The highest BCUT2D eigenvalue weighted by atomic mass is 32.2. The van der Waals surface area contributed by atoms with Gasteiger partial charge in [-0.15, -0.1) is 0 Å². The van der Waals surface area contributed by atoms with Gasteiger partial charge in [0.25, 0.3) is 0 Å². The van der Waals surface area contributed by atoms with E-state index in [2.05, 4.69) is 12.2 Å². The van der Waals surface area contributed by atoms with Crippen molar-refractivity contribution >= 4 is 16.1 Å². The Morgan fingerprint density at radius 3 is 2.59 bits per heavy atom. The first-order valence-electron chi connectivity index (χ1n) is 9.72. The van der Waals surface area contributed by atoms with Crippen molar-refractivity contribution in [3.8, 4) is 5.75 Å². The van der Waals surface area contributed by atoms with Crippen molar-refractivity contribution in [3.05, 3.63) is 59.9 Å². The predicted molar refractivity (Wildman–Crippen MR) is 108 cm³/mol. The van der Waals surface area contributed by atoms with Crippen LogP contribution in [-0.2, 0) is 16.7 Å². The number of benzene rings is 2. The summed E-state index contributed by atoms with van der Waals surface area (Å²) >= 11 is 0. The smallest absolute Gasteiger partial charge is 0.339 e. The SMILES string of the molecule is CCCCNC(=O)N(Cc1cccc(OS(=O)(=O)c2ccc(F)cc2)c1)C1CC1. The molecule has 0 radical (unpaired) electrons. The van der Waals surface area contributed by atoms with Crippen LogP contribution in [0.1, 0.15) is 38.2 Å². The van der Waals surface area contributed by atoms with Gasteiger partial charge in [-0.1, -0.05) is 25.5 Å². The minimum Gasteiger partial charge on any atom is -0.379 e. The number of halogens is 1. The zero-order chi connectivity index (χ0) is 20.9. The lowest BCUT2D eigenvalue weighted by molar-refractivity contribution is 0.192. The van der Waals surface area contributed by atoms with E-state index in [0.29, 0.717) is 13.1 Å². The quantitative estimate of drug-likeness (QED) is 0.490. The normalized spacial score (nSPS) is 13.7. The van der Waals surface area contributed by atoms with Gasteiger partial charge in [0, 0.05) is 19.1 Å². The van der Waals surface area contributed by atoms with Gasteiger partial charge in [0.05, 0.1) is 0 Å². The van der Waals surface area contributed by atoms with Crippen LogP contribution in [0, 0.1) is 5.82 Å². The molecule has 1 fully saturated rings. The first-order chi connectivity index (χ1) is 13.9. The highest BCUT2D eigenvalue weighted by Gasteiger charge is 2.32. The van der Waals surface area contributed by atoms with Crippen molar-refractivity contribution in [3.63, 3.8) is 0 Å². The predicted octanol–water partition coefficient (Wildman–Crippen LogP) is 4.07. The molecule has 0 aromatic heterocycles. The van der Waals surface area contributed by atoms with E-state index in [9.17, 15) is 17.6 Å². The number of unbranched alkanes of at least 4 members (excludes halogenated alkanes) is 1. The molecule has 1 N–H and O–H groups in total. The average molecular weight is 421 g/mol. The summed E-state index contributed by atoms with van der Waals surface area (Å²) in [6.07, 6.45) is 3.87. The third kappa shape index (κ3) is 5.93. The second-order valence-corrected chi connectivity index (χ2v) is 8.63. The second-order valence-electron chi connectivity index (χ2n) is 7.08. The van der Waals surface area contributed by atoms with Crippen LogP contribution in [-0.4, -0.2) is 31.9 Å². The van der Waals surface area contributed by atoms with Crippen molar-refractivity contribution in [2.24, 2.45) is 0 Å². The van der Waals surface area contributed by atoms with Gasteiger partial charge in [0.1, 0.15) is 16.5 Å². The lowest BCUT2D eigenvalue weighted by Crippen LogP contribution is -2.41. The standard InChI is InChI=1S/C21H25FN2O4S/c1-2-3-13-23-21(25)24(18-9-10-18)15-16-5-4-6-19(14-16)28-29(26,27)20-11-7-17(22)8-12-20/h4-8,11-12,14,18H,2-3,9-10,13,15H2,1H3,(H,23,25). The Morgan fingerprint density at radius 2 is 1.93 bits per heavy atom. The van der Waals surface area contributed by atoms with Gasteiger partial charge >= 0.3 is 16.1 Å². The zero-order valence-electron chi connectivity index (χ0n) is 16.3. The van der Waals surface area contributed by atoms with E-state index >= 15 is 0 Å². The molecule has 2 aromatic rings. The maximum atomic E-state index is 13.0. The molecular formula is C21H25FN2O4S. The van der Waals surface area contributed by atoms with Crippen LogP contribution < -0.4 is 9.50 Å². The first-order valence-corrected chi connectivity index (χ1v) is 11.1. The van der Waals surface area contributed by atoms with Crippen LogP contribution >= 0.6 is 0 Å². The van der Waals surface area contributed by atoms with Crippen LogP contribution in [0.5, 0.6) is 5.75 Å². The highest BCUT2D eigenvalue weighted by Crippen LogP contribution is 2.29. The van der Waals surface area contributed by atoms with Crippen LogP contribution in [0.25, 0.3) is 0 Å². The third-order valence-corrected chi connectivity index (χ3v) is 5.88. The minimum absolute atomic E-state index is 0.105. The van der Waals surface area contributed by atoms with Crippen molar-refractivity contribution in [2.75, 3.05) is 6.54 Å². The molecule has 0 saturated heterocycles. The number of nitrogens with zero attached hydrogens (tertiary/aromatic N) is 1. The van der Waals surface area contributed by atoms with Crippen molar-refractivity contribution < 1.29 is 21.8 Å². The Kier molecular flexibility index (Phi) is 6.74. The molecule has 156 valence electrons. The maximum absolute atomic E-state index is 13.0. The molecule has 2 amide bonds. The Labute approximate surface area is 170 Å². The van der Waals surface area contributed by atoms with Crippen LogP contribution in [0.2, 0.25) is 0 Å². The molecule has 1 saturated carbocycles. The van der Waals surface area contributed by atoms with Gasteiger partial charge in [-0.05, 0) is 61.2 Å². The molecule has 8 heteroatoms. The molecular weight excluding hydrogens is 395 g/mol. The van der Waals surface area contributed by atoms with E-state index in [1.165, 1.54) is 6.07 Å². The summed E-state index contributed by atoms with van der Waals surface area (Å²) in [5.41, 5.74) is 0.773. The Bertz CT molecular complexity index is 943. The van der Waals surface area contributed by atoms with E-state index in [0.717, 1.165) is 55.5 Å². The fraction of sp³-hybridized carbons (Fsp3) is 0.381. The van der Waals surface area contributed by atoms with E-state index in [1.54, 1.807) is 17.0 Å². The summed E-state index contributed by atoms with van der Waals surface area (Å²) in [6.45, 7) is 3.07. The lowest BCUT2D eigenvalue weighted by atomic mass is 10.2. The Morgan fingerprint density at radius 1 is 1.21 bits per heavy atom. The highest BCUT2D eigenvalue weighted by molar-refractivity contribution is 7.87. The van der Waals surface area contributed by atoms with Gasteiger partial charge < -0.3 is 14.4 Å². The summed E-state index contributed by atoms with van der Waals surface area (Å²) in [5, 5.41) is 2.93. The van der Waals surface area contributed by atoms with E-state index < -0.39 is 15.9 Å². The summed E-state index contributed by atoms with van der Waals surface area (Å²) < 4.78 is 43.0. The largest absolute Gasteiger partial charge is 0.379 e. The average Bonchev–Trinajstić information content (AvgIpc) is 3.51. The number of carbonyl (C=O) groups excluding carboxylic acids is 1. The number of rotatable bonds is 9. The first kappa shape index (κ1) is 21.1. The van der Waals surface area contributed by atoms with E-state index in [-0.39, 0.29) is 22.7 Å². The molecule has 2 aromatic carbocycles. The maximum Gasteiger partial charge on any atom is 0.339 e. The lowest BCUT2D eigenvalue weighted by Gasteiger charge is -2.23. The van der Waals surface area contributed by atoms with Crippen LogP contribution in [0.15, 0.2) is 53.4 Å². The zero-order valence-corrected chi connectivity index (χ0v) is 17.1. The molecule has 3 rings (SSSR count). The molecule has 29 heavy (non-hydrogen) atoms. The number of urea groups is 1. The monoisotopic (exact) mass is 420 g/mol. The number of hydrogen-bond acceptors (Lipinski definition) is 4. The number of hydrogen-bond donors (Lipinski definition) is 1. The van der Waals surface area contributed by atoms with Crippen molar-refractivity contribution in [1.29, 1.82) is 0 Å². The molecule has 0 aliphatic heterocycles. The van der Waals surface area contributed by atoms with Crippen LogP contribution in [0.4, 0.5) is 9.18 Å². The summed E-state index contributed by atoms with van der Waals surface area (Å²) in [7, 11) is -4.07. The second kappa shape index (κ2) is 9.26. The number of carbonyl (C=O) groups is 1. The third-order valence-electron chi connectivity index (χ3n) is 4.61. The molecule has 1 aliphatic carbocycles. The Hall–Kier alpha value is -2.61. The van der Waals surface area contributed by atoms with Gasteiger partial charge in [0.2, 0.25) is 0 Å². The summed E-state index contributed by atoms with van der Waals surface area (Å²) in [4.78, 5) is 14.1. The molecule has 0 unspecified atom stereocenters. The van der Waals surface area contributed by atoms with Gasteiger partial charge in [0.15, 0.2) is 0 Å². The van der Waals surface area contributed by atoms with Gasteiger partial charge in [-0.2, -0.15) is 8.42 Å². The van der Waals surface area contributed by atoms with E-state index in [4.69, 9.17) is 4.18 Å². The molecule has 0 heterocycles. The number of amides is 2. The summed E-state index contributed by atoms with van der Waals surface area (Å²) in [5.74, 6) is -0.378. The van der Waals surface area contributed by atoms with Crippen LogP contribution in [0.3, 0.4) is 0 Å². The minimum atomic E-state index is -4.07. The van der Waals surface area contributed by atoms with Gasteiger partial charge in [-0.25, -0.2) is 9.18 Å². The van der Waals surface area contributed by atoms with Gasteiger partial charge in [-0.3, -0.25) is 0 Å². The molecule has 0 bridgehead atoms. The van der Waals surface area contributed by atoms with Crippen molar-refractivity contribution in [1.82, 2.24) is 10.2 Å². The number of nitrogens with one attached hydrogen (secondary N) is 1. The van der Waals surface area contributed by atoms with E-state index in [1.807, 2.05) is 6.07 Å². The van der Waals surface area contributed by atoms with Crippen molar-refractivity contribution in [2.45, 2.75) is 50.1 Å².